The summed E-state index contributed by atoms with van der Waals surface area (Å²) in [7, 11) is 3.42. The van der Waals surface area contributed by atoms with Gasteiger partial charge in [-0.25, -0.2) is 0 Å². The molecule has 0 atom stereocenters. The van der Waals surface area contributed by atoms with Gasteiger partial charge in [-0.3, -0.25) is 4.99 Å². The van der Waals surface area contributed by atoms with Crippen LogP contribution in [0.4, 0.5) is 0 Å². The molecule has 2 N–H and O–H groups in total. The first-order valence-electron chi connectivity index (χ1n) is 5.24. The lowest BCUT2D eigenvalue weighted by molar-refractivity contribution is 0.0733. The van der Waals surface area contributed by atoms with Crippen molar-refractivity contribution >= 4 is 29.9 Å². The van der Waals surface area contributed by atoms with E-state index < -0.39 is 0 Å². The van der Waals surface area contributed by atoms with E-state index in [0.717, 1.165) is 12.5 Å². The van der Waals surface area contributed by atoms with Crippen molar-refractivity contribution in [3.05, 3.63) is 0 Å². The number of hydrogen-bond donors (Lipinski definition) is 2. The number of hydrogen-bond acceptors (Lipinski definition) is 3. The maximum Gasteiger partial charge on any atom is 0.191 e. The Morgan fingerprint density at radius 2 is 1.94 bits per heavy atom. The molecule has 6 heteroatoms. The Balaban J connectivity index is 0. The Kier molecular flexibility index (Phi) is 14.8. The molecule has 0 heterocycles. The number of nitrogens with one attached hydrogen (secondary N) is 2. The topological polar surface area (TPSA) is 54.9 Å². The van der Waals surface area contributed by atoms with Gasteiger partial charge in [0.15, 0.2) is 5.96 Å². The minimum atomic E-state index is 0. The predicted molar refractivity (Wildman–Crippen MR) is 77.7 cm³/mol. The van der Waals surface area contributed by atoms with E-state index in [9.17, 15) is 0 Å². The van der Waals surface area contributed by atoms with Crippen LogP contribution in [0.25, 0.3) is 0 Å². The van der Waals surface area contributed by atoms with E-state index >= 15 is 0 Å². The van der Waals surface area contributed by atoms with Crippen molar-refractivity contribution in [2.45, 2.75) is 19.9 Å². The zero-order valence-electron chi connectivity index (χ0n) is 10.6. The van der Waals surface area contributed by atoms with E-state index in [1.165, 1.54) is 0 Å². The van der Waals surface area contributed by atoms with Gasteiger partial charge in [-0.05, 0) is 13.8 Å². The van der Waals surface area contributed by atoms with Crippen LogP contribution in [0.5, 0.6) is 0 Å². The number of ether oxygens (including phenoxy) is 2. The largest absolute Gasteiger partial charge is 0.382 e. The fraction of sp³-hybridized carbons (Fsp3) is 0.900. The monoisotopic (exact) mass is 345 g/mol. The highest BCUT2D eigenvalue weighted by Crippen LogP contribution is 1.78. The normalized spacial score (nSPS) is 11.2. The smallest absolute Gasteiger partial charge is 0.191 e. The fourth-order valence-electron chi connectivity index (χ4n) is 0.954. The summed E-state index contributed by atoms with van der Waals surface area (Å²) in [6, 6.07) is 0.380. The number of rotatable bonds is 7. The molecule has 16 heavy (non-hydrogen) atoms. The Bertz CT molecular complexity index is 177. The molecule has 0 bridgehead atoms. The van der Waals surface area contributed by atoms with Crippen molar-refractivity contribution in [3.8, 4) is 0 Å². The van der Waals surface area contributed by atoms with Crippen LogP contribution in [-0.4, -0.2) is 52.5 Å². The molecule has 5 nitrogen and oxygen atoms in total. The molecule has 0 fully saturated rings. The van der Waals surface area contributed by atoms with Gasteiger partial charge < -0.3 is 20.1 Å². The quantitative estimate of drug-likeness (QED) is 0.311. The van der Waals surface area contributed by atoms with Crippen molar-refractivity contribution in [2.75, 3.05) is 40.5 Å². The van der Waals surface area contributed by atoms with Gasteiger partial charge in [0.25, 0.3) is 0 Å². The van der Waals surface area contributed by atoms with Gasteiger partial charge in [-0.1, -0.05) is 0 Å². The average Bonchev–Trinajstić information content (AvgIpc) is 2.20. The Labute approximate surface area is 115 Å². The molecule has 0 amide bonds. The molecule has 0 aromatic rings. The maximum atomic E-state index is 5.30. The Hall–Kier alpha value is -0.0800. The molecule has 0 saturated carbocycles. The van der Waals surface area contributed by atoms with Gasteiger partial charge in [0.2, 0.25) is 0 Å². The number of aliphatic imine (C=N–C) groups is 1. The highest BCUT2D eigenvalue weighted by molar-refractivity contribution is 14.0. The van der Waals surface area contributed by atoms with E-state index in [2.05, 4.69) is 29.5 Å². The molecular weight excluding hydrogens is 321 g/mol. The summed E-state index contributed by atoms with van der Waals surface area (Å²) in [6.07, 6.45) is 0. The third-order valence-electron chi connectivity index (χ3n) is 1.62. The summed E-state index contributed by atoms with van der Waals surface area (Å²) < 4.78 is 10.2. The molecule has 0 aromatic heterocycles. The fourth-order valence-corrected chi connectivity index (χ4v) is 0.954. The van der Waals surface area contributed by atoms with Crippen LogP contribution in [0.15, 0.2) is 4.99 Å². The molecule has 0 radical (unpaired) electrons. The van der Waals surface area contributed by atoms with Crippen LogP contribution in [-0.2, 0) is 9.47 Å². The van der Waals surface area contributed by atoms with E-state index in [1.54, 1.807) is 14.2 Å². The first-order valence-corrected chi connectivity index (χ1v) is 5.24. The summed E-state index contributed by atoms with van der Waals surface area (Å²) in [4.78, 5) is 4.08. The molecule has 0 aliphatic rings. The second-order valence-corrected chi connectivity index (χ2v) is 3.40. The van der Waals surface area contributed by atoms with E-state index in [0.29, 0.717) is 25.9 Å². The molecular formula is C10H24IN3O2. The van der Waals surface area contributed by atoms with Crippen molar-refractivity contribution in [1.29, 1.82) is 0 Å². The van der Waals surface area contributed by atoms with Crippen LogP contribution >= 0.6 is 24.0 Å². The van der Waals surface area contributed by atoms with Gasteiger partial charge >= 0.3 is 0 Å². The zero-order valence-corrected chi connectivity index (χ0v) is 12.9. The minimum absolute atomic E-state index is 0. The minimum Gasteiger partial charge on any atom is -0.382 e. The highest BCUT2D eigenvalue weighted by Gasteiger charge is 1.98. The second kappa shape index (κ2) is 13.0. The van der Waals surface area contributed by atoms with E-state index in [4.69, 9.17) is 9.47 Å². The van der Waals surface area contributed by atoms with E-state index in [1.807, 2.05) is 0 Å². The lowest BCUT2D eigenvalue weighted by Crippen LogP contribution is -2.42. The lowest BCUT2D eigenvalue weighted by atomic mass is 10.4. The van der Waals surface area contributed by atoms with Gasteiger partial charge in [0.05, 0.1) is 19.8 Å². The first kappa shape index (κ1) is 18.3. The van der Waals surface area contributed by atoms with Gasteiger partial charge in [-0.2, -0.15) is 0 Å². The molecule has 0 aliphatic carbocycles. The first-order chi connectivity index (χ1) is 7.20. The zero-order chi connectivity index (χ0) is 11.5. The van der Waals surface area contributed by atoms with Crippen LogP contribution in [0.3, 0.4) is 0 Å². The molecule has 0 saturated heterocycles. The SMILES string of the molecule is CN=C(NCCOCCOC)NC(C)C.I. The number of halogens is 1. The highest BCUT2D eigenvalue weighted by atomic mass is 127. The van der Waals surface area contributed by atoms with Crippen LogP contribution < -0.4 is 10.6 Å². The Morgan fingerprint density at radius 3 is 2.44 bits per heavy atom. The molecule has 98 valence electrons. The average molecular weight is 345 g/mol. The van der Waals surface area contributed by atoms with E-state index in [-0.39, 0.29) is 24.0 Å². The van der Waals surface area contributed by atoms with Gasteiger partial charge in [-0.15, -0.1) is 24.0 Å². The van der Waals surface area contributed by atoms with Crippen LogP contribution in [0.2, 0.25) is 0 Å². The predicted octanol–water partition coefficient (Wildman–Crippen LogP) is 0.841. The molecule has 0 aromatic carbocycles. The second-order valence-electron chi connectivity index (χ2n) is 3.40. The summed E-state index contributed by atoms with van der Waals surface area (Å²) in [6.45, 7) is 6.81. The summed E-state index contributed by atoms with van der Waals surface area (Å²) in [5.74, 6) is 0.806. The molecule has 0 spiro atoms. The van der Waals surface area contributed by atoms with Crippen molar-refractivity contribution in [2.24, 2.45) is 4.99 Å². The van der Waals surface area contributed by atoms with Crippen molar-refractivity contribution in [1.82, 2.24) is 10.6 Å². The maximum absolute atomic E-state index is 5.30. The van der Waals surface area contributed by atoms with Crippen molar-refractivity contribution < 1.29 is 9.47 Å². The van der Waals surface area contributed by atoms with Gasteiger partial charge in [0.1, 0.15) is 0 Å². The lowest BCUT2D eigenvalue weighted by Gasteiger charge is -2.14. The summed E-state index contributed by atoms with van der Waals surface area (Å²) in [5, 5.41) is 6.34. The molecule has 0 rings (SSSR count). The van der Waals surface area contributed by atoms with Gasteiger partial charge in [0, 0.05) is 26.7 Å². The van der Waals surface area contributed by atoms with Crippen LogP contribution in [0.1, 0.15) is 13.8 Å². The molecule has 0 aliphatic heterocycles. The van der Waals surface area contributed by atoms with Crippen LogP contribution in [0, 0.1) is 0 Å². The summed E-state index contributed by atoms with van der Waals surface area (Å²) in [5.41, 5.74) is 0. The number of methoxy groups -OCH3 is 1. The Morgan fingerprint density at radius 1 is 1.25 bits per heavy atom. The standard InChI is InChI=1S/C10H23N3O2.HI/c1-9(2)13-10(11-3)12-5-6-15-8-7-14-4;/h9H,5-8H2,1-4H3,(H2,11,12,13);1H. The van der Waals surface area contributed by atoms with Crippen molar-refractivity contribution in [3.63, 3.8) is 0 Å². The third kappa shape index (κ3) is 12.0. The summed E-state index contributed by atoms with van der Waals surface area (Å²) >= 11 is 0. The number of nitrogens with zero attached hydrogens (tertiary/aromatic N) is 1. The molecule has 0 unspecified atom stereocenters. The number of guanidine groups is 1. The third-order valence-corrected chi connectivity index (χ3v) is 1.62.